The molecule has 0 radical (unpaired) electrons. The molecule has 1 aromatic rings. The van der Waals surface area contributed by atoms with Crippen molar-refractivity contribution in [3.8, 4) is 5.75 Å². The Balaban J connectivity index is 1.64. The van der Waals surface area contributed by atoms with E-state index in [1.54, 1.807) is 7.11 Å². The lowest BCUT2D eigenvalue weighted by Crippen LogP contribution is -2.45. The smallest absolute Gasteiger partial charge is 0.224 e. The summed E-state index contributed by atoms with van der Waals surface area (Å²) in [4.78, 5) is 14.7. The zero-order chi connectivity index (χ0) is 15.4. The van der Waals surface area contributed by atoms with Crippen LogP contribution in [0.3, 0.4) is 0 Å². The maximum absolute atomic E-state index is 12.6. The van der Waals surface area contributed by atoms with E-state index in [-0.39, 0.29) is 18.0 Å². The first-order valence-electron chi connectivity index (χ1n) is 8.02. The van der Waals surface area contributed by atoms with E-state index in [1.165, 1.54) is 5.56 Å². The van der Waals surface area contributed by atoms with Gasteiger partial charge in [-0.1, -0.05) is 12.1 Å². The predicted octanol–water partition coefficient (Wildman–Crippen LogP) is 1.74. The number of rotatable bonds is 4. The average molecular weight is 304 g/mol. The van der Waals surface area contributed by atoms with Gasteiger partial charge in [0.15, 0.2) is 0 Å². The van der Waals surface area contributed by atoms with Crippen LogP contribution in [0.2, 0.25) is 0 Å². The van der Waals surface area contributed by atoms with E-state index >= 15 is 0 Å². The first kappa shape index (κ1) is 15.3. The van der Waals surface area contributed by atoms with E-state index in [9.17, 15) is 4.79 Å². The minimum atomic E-state index is 0.151. The van der Waals surface area contributed by atoms with Gasteiger partial charge in [0.1, 0.15) is 5.75 Å². The number of morpholine rings is 1. The molecule has 0 aliphatic carbocycles. The van der Waals surface area contributed by atoms with Gasteiger partial charge in [0.25, 0.3) is 0 Å². The van der Waals surface area contributed by atoms with Gasteiger partial charge in [-0.25, -0.2) is 0 Å². The van der Waals surface area contributed by atoms with Crippen LogP contribution in [0.1, 0.15) is 30.9 Å². The minimum absolute atomic E-state index is 0.151. The fourth-order valence-electron chi connectivity index (χ4n) is 3.32. The van der Waals surface area contributed by atoms with E-state index in [4.69, 9.17) is 9.47 Å². The zero-order valence-electron chi connectivity index (χ0n) is 13.1. The van der Waals surface area contributed by atoms with Gasteiger partial charge in [0.05, 0.1) is 26.4 Å². The monoisotopic (exact) mass is 304 g/mol. The summed E-state index contributed by atoms with van der Waals surface area (Å²) in [5, 5.41) is 3.35. The lowest BCUT2D eigenvalue weighted by atomic mass is 10.0. The highest BCUT2D eigenvalue weighted by atomic mass is 16.5. The largest absolute Gasteiger partial charge is 0.497 e. The lowest BCUT2D eigenvalue weighted by Gasteiger charge is -2.29. The van der Waals surface area contributed by atoms with Crippen molar-refractivity contribution in [2.24, 2.45) is 0 Å². The van der Waals surface area contributed by atoms with E-state index in [1.807, 2.05) is 17.0 Å². The van der Waals surface area contributed by atoms with Gasteiger partial charge in [-0.2, -0.15) is 0 Å². The van der Waals surface area contributed by atoms with E-state index < -0.39 is 0 Å². The second-order valence-corrected chi connectivity index (χ2v) is 5.95. The molecule has 2 heterocycles. The molecule has 3 rings (SSSR count). The third-order valence-electron chi connectivity index (χ3n) is 4.49. The summed E-state index contributed by atoms with van der Waals surface area (Å²) < 4.78 is 10.6. The van der Waals surface area contributed by atoms with Crippen LogP contribution < -0.4 is 10.1 Å². The summed E-state index contributed by atoms with van der Waals surface area (Å²) in [6.07, 6.45) is 2.62. The number of nitrogens with zero attached hydrogens (tertiary/aromatic N) is 1. The van der Waals surface area contributed by atoms with Crippen LogP contribution in [0.4, 0.5) is 0 Å². The number of hydrogen-bond donors (Lipinski definition) is 1. The van der Waals surface area contributed by atoms with Crippen molar-refractivity contribution in [3.05, 3.63) is 29.8 Å². The molecule has 2 fully saturated rings. The average Bonchev–Trinajstić information content (AvgIpc) is 3.05. The third kappa shape index (κ3) is 3.42. The summed E-state index contributed by atoms with van der Waals surface area (Å²) >= 11 is 0. The molecule has 2 atom stereocenters. The van der Waals surface area contributed by atoms with Crippen LogP contribution in [-0.4, -0.2) is 50.3 Å². The Morgan fingerprint density at radius 2 is 2.23 bits per heavy atom. The Morgan fingerprint density at radius 1 is 1.41 bits per heavy atom. The summed E-state index contributed by atoms with van der Waals surface area (Å²) in [5.74, 6) is 1.07. The van der Waals surface area contributed by atoms with Crippen molar-refractivity contribution in [1.82, 2.24) is 10.2 Å². The highest BCUT2D eigenvalue weighted by Crippen LogP contribution is 2.33. The number of hydrogen-bond acceptors (Lipinski definition) is 4. The van der Waals surface area contributed by atoms with Crippen LogP contribution in [0.15, 0.2) is 24.3 Å². The van der Waals surface area contributed by atoms with Crippen molar-refractivity contribution >= 4 is 5.91 Å². The van der Waals surface area contributed by atoms with Crippen molar-refractivity contribution in [3.63, 3.8) is 0 Å². The zero-order valence-corrected chi connectivity index (χ0v) is 13.1. The number of amides is 1. The Kier molecular flexibility index (Phi) is 4.95. The van der Waals surface area contributed by atoms with Crippen LogP contribution in [0.5, 0.6) is 5.75 Å². The highest BCUT2D eigenvalue weighted by molar-refractivity contribution is 5.77. The molecule has 5 heteroatoms. The lowest BCUT2D eigenvalue weighted by molar-refractivity contribution is -0.133. The quantitative estimate of drug-likeness (QED) is 0.920. The van der Waals surface area contributed by atoms with Crippen molar-refractivity contribution < 1.29 is 14.3 Å². The Morgan fingerprint density at radius 3 is 2.91 bits per heavy atom. The number of benzene rings is 1. The normalized spacial score (nSPS) is 25.2. The third-order valence-corrected chi connectivity index (χ3v) is 4.49. The van der Waals surface area contributed by atoms with Crippen molar-refractivity contribution in [2.45, 2.75) is 31.3 Å². The molecule has 22 heavy (non-hydrogen) atoms. The van der Waals surface area contributed by atoms with E-state index in [2.05, 4.69) is 17.4 Å². The van der Waals surface area contributed by atoms with Gasteiger partial charge in [0, 0.05) is 25.6 Å². The van der Waals surface area contributed by atoms with Crippen LogP contribution in [0.25, 0.3) is 0 Å². The predicted molar refractivity (Wildman–Crippen MR) is 83.9 cm³/mol. The summed E-state index contributed by atoms with van der Waals surface area (Å²) in [6.45, 7) is 3.05. The number of ether oxygens (including phenoxy) is 2. The fourth-order valence-corrected chi connectivity index (χ4v) is 3.32. The number of nitrogens with one attached hydrogen (secondary N) is 1. The van der Waals surface area contributed by atoms with E-state index in [0.717, 1.165) is 38.3 Å². The van der Waals surface area contributed by atoms with Gasteiger partial charge < -0.3 is 19.7 Å². The second kappa shape index (κ2) is 7.11. The molecule has 2 aliphatic rings. The minimum Gasteiger partial charge on any atom is -0.497 e. The molecule has 0 saturated carbocycles. The molecule has 0 spiro atoms. The molecule has 1 N–H and O–H groups in total. The molecule has 120 valence electrons. The Hall–Kier alpha value is -1.59. The number of carbonyl (C=O) groups excluding carboxylic acids is 1. The Bertz CT molecular complexity index is 497. The first-order valence-corrected chi connectivity index (χ1v) is 8.02. The topological polar surface area (TPSA) is 50.8 Å². The fraction of sp³-hybridized carbons (Fsp3) is 0.588. The van der Waals surface area contributed by atoms with E-state index in [0.29, 0.717) is 13.0 Å². The van der Waals surface area contributed by atoms with Crippen LogP contribution in [0, 0.1) is 0 Å². The second-order valence-electron chi connectivity index (χ2n) is 5.95. The maximum Gasteiger partial charge on any atom is 0.224 e. The highest BCUT2D eigenvalue weighted by Gasteiger charge is 2.31. The number of likely N-dealkylation sites (tertiary alicyclic amines) is 1. The maximum atomic E-state index is 12.6. The molecule has 1 amide bonds. The number of carbonyl (C=O) groups is 1. The van der Waals surface area contributed by atoms with Crippen LogP contribution >= 0.6 is 0 Å². The van der Waals surface area contributed by atoms with Crippen molar-refractivity contribution in [1.29, 1.82) is 0 Å². The van der Waals surface area contributed by atoms with Gasteiger partial charge >= 0.3 is 0 Å². The molecule has 2 saturated heterocycles. The molecular formula is C17H24N2O3. The SMILES string of the molecule is COc1ccc(C2CCCN2C(=O)CC2COCCN2)cc1. The Labute approximate surface area is 131 Å². The van der Waals surface area contributed by atoms with Gasteiger partial charge in [0.2, 0.25) is 5.91 Å². The van der Waals surface area contributed by atoms with Gasteiger partial charge in [-0.15, -0.1) is 0 Å². The first-order chi connectivity index (χ1) is 10.8. The van der Waals surface area contributed by atoms with Gasteiger partial charge in [-0.3, -0.25) is 4.79 Å². The molecular weight excluding hydrogens is 280 g/mol. The molecule has 2 unspecified atom stereocenters. The summed E-state index contributed by atoms with van der Waals surface area (Å²) in [5.41, 5.74) is 1.19. The molecule has 5 nitrogen and oxygen atoms in total. The van der Waals surface area contributed by atoms with Gasteiger partial charge in [-0.05, 0) is 30.5 Å². The molecule has 2 aliphatic heterocycles. The molecule has 0 bridgehead atoms. The molecule has 1 aromatic carbocycles. The standard InChI is InChI=1S/C17H24N2O3/c1-21-15-6-4-13(5-7-15)16-3-2-9-19(16)17(20)11-14-12-22-10-8-18-14/h4-7,14,16,18H,2-3,8-12H2,1H3. The summed E-state index contributed by atoms with van der Waals surface area (Å²) in [6, 6.07) is 8.41. The van der Waals surface area contributed by atoms with Crippen molar-refractivity contribution in [2.75, 3.05) is 33.4 Å². The molecule has 0 aromatic heterocycles. The number of methoxy groups -OCH3 is 1. The van der Waals surface area contributed by atoms with Crippen LogP contribution in [-0.2, 0) is 9.53 Å². The summed E-state index contributed by atoms with van der Waals surface area (Å²) in [7, 11) is 1.67.